The van der Waals surface area contributed by atoms with E-state index in [0.717, 1.165) is 0 Å². The highest BCUT2D eigenvalue weighted by Gasteiger charge is 2.05. The van der Waals surface area contributed by atoms with Crippen molar-refractivity contribution in [1.29, 1.82) is 0 Å². The third-order valence-corrected chi connectivity index (χ3v) is 3.58. The first kappa shape index (κ1) is 12.5. The summed E-state index contributed by atoms with van der Waals surface area (Å²) >= 11 is 3.74. The lowest BCUT2D eigenvalue weighted by atomic mass is 10.0. The highest BCUT2D eigenvalue weighted by atomic mass is 79.9. The molecule has 15 heavy (non-hydrogen) atoms. The van der Waals surface area contributed by atoms with Gasteiger partial charge in [-0.05, 0) is 17.5 Å². The Morgan fingerprint density at radius 1 is 1.27 bits per heavy atom. The van der Waals surface area contributed by atoms with E-state index < -0.39 is 0 Å². The van der Waals surface area contributed by atoms with Gasteiger partial charge in [0.25, 0.3) is 0 Å². The number of alkyl halides is 1. The molecule has 1 atom stereocenters. The van der Waals surface area contributed by atoms with E-state index in [4.69, 9.17) is 0 Å². The number of unbranched alkanes of at least 4 members (excludes halogenated alkanes) is 2. The third-order valence-electron chi connectivity index (χ3n) is 2.59. The summed E-state index contributed by atoms with van der Waals surface area (Å²) in [7, 11) is 0. The fraction of sp³-hybridized carbons (Fsp3) is 0.429. The highest BCUT2D eigenvalue weighted by Crippen LogP contribution is 2.28. The lowest BCUT2D eigenvalue weighted by Gasteiger charge is -2.09. The maximum atomic E-state index is 3.75. The van der Waals surface area contributed by atoms with Crippen LogP contribution in [0.15, 0.2) is 30.8 Å². The van der Waals surface area contributed by atoms with Gasteiger partial charge in [-0.25, -0.2) is 0 Å². The van der Waals surface area contributed by atoms with Crippen LogP contribution < -0.4 is 0 Å². The van der Waals surface area contributed by atoms with Crippen LogP contribution in [-0.4, -0.2) is 0 Å². The molecule has 1 aromatic rings. The average Bonchev–Trinajstić information content (AvgIpc) is 2.29. The van der Waals surface area contributed by atoms with Crippen LogP contribution in [0.3, 0.4) is 0 Å². The average molecular weight is 267 g/mol. The van der Waals surface area contributed by atoms with Crippen molar-refractivity contribution in [3.8, 4) is 0 Å². The van der Waals surface area contributed by atoms with E-state index in [1.54, 1.807) is 0 Å². The Hall–Kier alpha value is -0.560. The number of benzene rings is 1. The molecule has 0 aliphatic carbocycles. The Balaban J connectivity index is 2.50. The molecule has 82 valence electrons. The number of hydrogen-bond donors (Lipinski definition) is 0. The van der Waals surface area contributed by atoms with Crippen molar-refractivity contribution in [2.75, 3.05) is 0 Å². The second-order valence-electron chi connectivity index (χ2n) is 3.83. The molecule has 0 aliphatic heterocycles. The van der Waals surface area contributed by atoms with Crippen molar-refractivity contribution in [1.82, 2.24) is 0 Å². The van der Waals surface area contributed by atoms with Crippen molar-refractivity contribution in [3.05, 3.63) is 42.0 Å². The molecule has 0 fully saturated rings. The maximum Gasteiger partial charge on any atom is 0.0395 e. The standard InChI is InChI=1S/C14H19Br/c1-3-5-6-7-14(15)13-10-8-12(4-2)9-11-13/h4,8-11,14H,2-3,5-7H2,1H3. The summed E-state index contributed by atoms with van der Waals surface area (Å²) in [6.07, 6.45) is 7.02. The molecule has 0 radical (unpaired) electrons. The van der Waals surface area contributed by atoms with Crippen LogP contribution in [0.5, 0.6) is 0 Å². The summed E-state index contributed by atoms with van der Waals surface area (Å²) in [5.41, 5.74) is 2.56. The molecular formula is C14H19Br. The number of rotatable bonds is 6. The molecule has 1 heteroatoms. The minimum Gasteiger partial charge on any atom is -0.0985 e. The number of hydrogen-bond acceptors (Lipinski definition) is 0. The molecule has 0 N–H and O–H groups in total. The molecular weight excluding hydrogens is 248 g/mol. The van der Waals surface area contributed by atoms with E-state index in [9.17, 15) is 0 Å². The van der Waals surface area contributed by atoms with Gasteiger partial charge in [-0.15, -0.1) is 0 Å². The van der Waals surface area contributed by atoms with E-state index in [-0.39, 0.29) is 0 Å². The second-order valence-corrected chi connectivity index (χ2v) is 4.94. The first-order chi connectivity index (χ1) is 7.27. The molecule has 0 spiro atoms. The SMILES string of the molecule is C=Cc1ccc(C(Br)CCCCC)cc1. The lowest BCUT2D eigenvalue weighted by Crippen LogP contribution is -1.90. The number of halogens is 1. The van der Waals surface area contributed by atoms with Gasteiger partial charge < -0.3 is 0 Å². The largest absolute Gasteiger partial charge is 0.0985 e. The summed E-state index contributed by atoms with van der Waals surface area (Å²) in [5, 5.41) is 0. The predicted octanol–water partition coefficient (Wildman–Crippen LogP) is 5.35. The molecule has 0 amide bonds. The van der Waals surface area contributed by atoms with E-state index in [1.807, 2.05) is 6.08 Å². The molecule has 0 aliphatic rings. The molecule has 0 saturated carbocycles. The first-order valence-corrected chi connectivity index (χ1v) is 6.56. The summed E-state index contributed by atoms with van der Waals surface area (Å²) < 4.78 is 0. The van der Waals surface area contributed by atoms with Gasteiger partial charge in [0, 0.05) is 4.83 Å². The third kappa shape index (κ3) is 4.21. The van der Waals surface area contributed by atoms with E-state index in [2.05, 4.69) is 53.7 Å². The van der Waals surface area contributed by atoms with Crippen molar-refractivity contribution in [2.45, 2.75) is 37.4 Å². The van der Waals surface area contributed by atoms with Crippen LogP contribution >= 0.6 is 15.9 Å². The Morgan fingerprint density at radius 2 is 1.93 bits per heavy atom. The minimum atomic E-state index is 0.503. The van der Waals surface area contributed by atoms with Gasteiger partial charge in [-0.3, -0.25) is 0 Å². The van der Waals surface area contributed by atoms with Gasteiger partial charge in [-0.1, -0.05) is 79.0 Å². The van der Waals surface area contributed by atoms with Gasteiger partial charge in [0.2, 0.25) is 0 Å². The zero-order valence-corrected chi connectivity index (χ0v) is 11.0. The van der Waals surface area contributed by atoms with E-state index in [1.165, 1.54) is 36.8 Å². The van der Waals surface area contributed by atoms with Crippen LogP contribution in [0.2, 0.25) is 0 Å². The highest BCUT2D eigenvalue weighted by molar-refractivity contribution is 9.09. The van der Waals surface area contributed by atoms with Crippen LogP contribution in [0.4, 0.5) is 0 Å². The minimum absolute atomic E-state index is 0.503. The van der Waals surface area contributed by atoms with E-state index >= 15 is 0 Å². The topological polar surface area (TPSA) is 0 Å². The second kappa shape index (κ2) is 6.84. The van der Waals surface area contributed by atoms with Crippen molar-refractivity contribution in [2.24, 2.45) is 0 Å². The van der Waals surface area contributed by atoms with Gasteiger partial charge in [0.15, 0.2) is 0 Å². The fourth-order valence-electron chi connectivity index (χ4n) is 1.58. The summed E-state index contributed by atoms with van der Waals surface area (Å²) in [5.74, 6) is 0. The van der Waals surface area contributed by atoms with Gasteiger partial charge in [-0.2, -0.15) is 0 Å². The first-order valence-electron chi connectivity index (χ1n) is 5.64. The Labute approximate surface area is 102 Å². The fourth-order valence-corrected chi connectivity index (χ4v) is 2.21. The zero-order valence-electron chi connectivity index (χ0n) is 9.38. The Bertz CT molecular complexity index is 287. The molecule has 0 heterocycles. The van der Waals surface area contributed by atoms with Crippen LogP contribution in [0.1, 0.15) is 48.6 Å². The summed E-state index contributed by atoms with van der Waals surface area (Å²) in [6, 6.07) is 8.61. The molecule has 0 aromatic heterocycles. The van der Waals surface area contributed by atoms with Gasteiger partial charge in [0.1, 0.15) is 0 Å². The molecule has 1 rings (SSSR count). The monoisotopic (exact) mass is 266 g/mol. The van der Waals surface area contributed by atoms with Crippen LogP contribution in [-0.2, 0) is 0 Å². The summed E-state index contributed by atoms with van der Waals surface area (Å²) in [4.78, 5) is 0.503. The van der Waals surface area contributed by atoms with Crippen molar-refractivity contribution in [3.63, 3.8) is 0 Å². The van der Waals surface area contributed by atoms with Crippen molar-refractivity contribution < 1.29 is 0 Å². The zero-order chi connectivity index (χ0) is 11.1. The molecule has 1 aromatic carbocycles. The lowest BCUT2D eigenvalue weighted by molar-refractivity contribution is 0.664. The van der Waals surface area contributed by atoms with Crippen LogP contribution in [0, 0.1) is 0 Å². The molecule has 0 saturated heterocycles. The summed E-state index contributed by atoms with van der Waals surface area (Å²) in [6.45, 7) is 5.99. The Morgan fingerprint density at radius 3 is 2.47 bits per heavy atom. The maximum absolute atomic E-state index is 3.75. The van der Waals surface area contributed by atoms with Gasteiger partial charge >= 0.3 is 0 Å². The smallest absolute Gasteiger partial charge is 0.0395 e. The predicted molar refractivity (Wildman–Crippen MR) is 72.3 cm³/mol. The molecule has 0 bridgehead atoms. The quantitative estimate of drug-likeness (QED) is 0.481. The van der Waals surface area contributed by atoms with Gasteiger partial charge in [0.05, 0.1) is 0 Å². The molecule has 0 nitrogen and oxygen atoms in total. The molecule has 1 unspecified atom stereocenters. The Kier molecular flexibility index (Phi) is 5.70. The normalized spacial score (nSPS) is 12.4. The van der Waals surface area contributed by atoms with E-state index in [0.29, 0.717) is 4.83 Å². The van der Waals surface area contributed by atoms with Crippen LogP contribution in [0.25, 0.3) is 6.08 Å². The van der Waals surface area contributed by atoms with Crippen molar-refractivity contribution >= 4 is 22.0 Å².